The maximum Gasteiger partial charge on any atom is 0.244 e. The zero-order chi connectivity index (χ0) is 22.0. The molecule has 1 N–H and O–H groups in total. The number of nitrogens with zero attached hydrogens (tertiary/aromatic N) is 1. The summed E-state index contributed by atoms with van der Waals surface area (Å²) in [6, 6.07) is 10.9. The molecule has 2 aromatic rings. The lowest BCUT2D eigenvalue weighted by Gasteiger charge is -2.29. The molecule has 0 saturated carbocycles. The number of halogens is 1. The number of anilines is 1. The summed E-state index contributed by atoms with van der Waals surface area (Å²) in [5.41, 5.74) is 0.972. The molecule has 0 heterocycles. The van der Waals surface area contributed by atoms with Crippen molar-refractivity contribution in [1.29, 1.82) is 0 Å². The Morgan fingerprint density at radius 1 is 1.00 bits per heavy atom. The molecule has 1 amide bonds. The van der Waals surface area contributed by atoms with E-state index >= 15 is 0 Å². The number of benzene rings is 2. The van der Waals surface area contributed by atoms with E-state index in [0.29, 0.717) is 10.6 Å². The largest absolute Gasteiger partial charge is 0.348 e. The van der Waals surface area contributed by atoms with Crippen LogP contribution in [0.25, 0.3) is 0 Å². The van der Waals surface area contributed by atoms with Crippen molar-refractivity contribution >= 4 is 43.1 Å². The third kappa shape index (κ3) is 5.94. The molecule has 0 aliphatic rings. The van der Waals surface area contributed by atoms with Crippen molar-refractivity contribution in [2.75, 3.05) is 16.8 Å². The minimum Gasteiger partial charge on any atom is -0.348 e. The number of sulfone groups is 1. The normalized spacial score (nSPS) is 14.1. The molecule has 2 aromatic carbocycles. The Morgan fingerprint density at radius 2 is 1.59 bits per heavy atom. The van der Waals surface area contributed by atoms with Crippen LogP contribution in [0.4, 0.5) is 5.69 Å². The number of hydrogen-bond acceptors (Lipinski definition) is 5. The summed E-state index contributed by atoms with van der Waals surface area (Å²) in [5.74, 6) is -0.505. The highest BCUT2D eigenvalue weighted by atomic mass is 35.5. The molecule has 29 heavy (non-hydrogen) atoms. The molecule has 2 atom stereocenters. The molecule has 0 fully saturated rings. The molecule has 0 radical (unpaired) electrons. The van der Waals surface area contributed by atoms with Crippen molar-refractivity contribution in [3.05, 3.63) is 59.1 Å². The highest BCUT2D eigenvalue weighted by Gasteiger charge is 2.30. The van der Waals surface area contributed by atoms with Crippen LogP contribution < -0.4 is 9.62 Å². The van der Waals surface area contributed by atoms with Crippen LogP contribution in [0.15, 0.2) is 53.4 Å². The van der Waals surface area contributed by atoms with Gasteiger partial charge >= 0.3 is 0 Å². The van der Waals surface area contributed by atoms with Crippen LogP contribution in [0.1, 0.15) is 25.5 Å². The van der Waals surface area contributed by atoms with E-state index in [9.17, 15) is 21.6 Å². The van der Waals surface area contributed by atoms with Crippen molar-refractivity contribution < 1.29 is 21.6 Å². The Hall–Kier alpha value is -2.10. The van der Waals surface area contributed by atoms with Crippen molar-refractivity contribution in [3.63, 3.8) is 0 Å². The summed E-state index contributed by atoms with van der Waals surface area (Å²) in [4.78, 5) is 12.9. The van der Waals surface area contributed by atoms with Gasteiger partial charge in [0, 0.05) is 11.3 Å². The summed E-state index contributed by atoms with van der Waals surface area (Å²) in [6.07, 6.45) is 2.13. The molecule has 0 aliphatic heterocycles. The second-order valence-corrected chi connectivity index (χ2v) is 11.1. The maximum absolute atomic E-state index is 12.8. The first-order valence-corrected chi connectivity index (χ1v) is 12.8. The van der Waals surface area contributed by atoms with Gasteiger partial charge in [-0.1, -0.05) is 29.8 Å². The predicted octanol–water partition coefficient (Wildman–Crippen LogP) is 2.78. The quantitative estimate of drug-likeness (QED) is 0.687. The molecule has 7 nitrogen and oxygen atoms in total. The average molecular weight is 459 g/mol. The van der Waals surface area contributed by atoms with Gasteiger partial charge < -0.3 is 5.32 Å². The number of hydrogen-bond donors (Lipinski definition) is 1. The third-order valence-corrected chi connectivity index (χ3v) is 6.92. The summed E-state index contributed by atoms with van der Waals surface area (Å²) in [5, 5.41) is 3.11. The van der Waals surface area contributed by atoms with E-state index in [1.165, 1.54) is 25.1 Å². The average Bonchev–Trinajstić information content (AvgIpc) is 2.60. The molecule has 158 valence electrons. The van der Waals surface area contributed by atoms with E-state index in [0.717, 1.165) is 16.8 Å². The molecule has 10 heteroatoms. The fourth-order valence-electron chi connectivity index (χ4n) is 2.84. The minimum absolute atomic E-state index is 0.178. The Balaban J connectivity index is 2.23. The lowest BCUT2D eigenvalue weighted by atomic mass is 10.1. The first kappa shape index (κ1) is 23.2. The molecule has 0 saturated heterocycles. The van der Waals surface area contributed by atoms with Crippen LogP contribution in [0.5, 0.6) is 0 Å². The SMILES string of the molecule is C[C@H](C(=O)N[C@H](C)c1ccc(S(C)(=O)=O)cc1)N(c1cccc(Cl)c1)S(C)(=O)=O. The first-order chi connectivity index (χ1) is 13.3. The van der Waals surface area contributed by atoms with Gasteiger partial charge in [0.2, 0.25) is 15.9 Å². The summed E-state index contributed by atoms with van der Waals surface area (Å²) in [6.45, 7) is 3.21. The number of sulfonamides is 1. The zero-order valence-corrected chi connectivity index (χ0v) is 18.8. The Labute approximate surface area is 176 Å². The first-order valence-electron chi connectivity index (χ1n) is 8.66. The predicted molar refractivity (Wildman–Crippen MR) is 114 cm³/mol. The molecule has 2 rings (SSSR count). The van der Waals surface area contributed by atoms with Gasteiger partial charge in [0.15, 0.2) is 9.84 Å². The van der Waals surface area contributed by atoms with Crippen molar-refractivity contribution in [2.24, 2.45) is 0 Å². The molecular weight excluding hydrogens is 436 g/mol. The Bertz CT molecular complexity index is 1100. The number of carbonyl (C=O) groups is 1. The zero-order valence-electron chi connectivity index (χ0n) is 16.5. The van der Waals surface area contributed by atoms with Crippen LogP contribution >= 0.6 is 11.6 Å². The molecule has 0 bridgehead atoms. The molecule has 0 spiro atoms. The lowest BCUT2D eigenvalue weighted by molar-refractivity contribution is -0.122. The molecular formula is C19H23ClN2O5S2. The van der Waals surface area contributed by atoms with Crippen LogP contribution in [-0.4, -0.2) is 41.3 Å². The topological polar surface area (TPSA) is 101 Å². The molecule has 0 aliphatic carbocycles. The minimum atomic E-state index is -3.75. The fraction of sp³-hybridized carbons (Fsp3) is 0.316. The summed E-state index contributed by atoms with van der Waals surface area (Å²) in [7, 11) is -7.07. The van der Waals surface area contributed by atoms with Gasteiger partial charge in [-0.2, -0.15) is 0 Å². The van der Waals surface area contributed by atoms with Crippen LogP contribution in [0, 0.1) is 0 Å². The second-order valence-electron chi connectivity index (χ2n) is 6.79. The molecule has 0 unspecified atom stereocenters. The van der Waals surface area contributed by atoms with Crippen molar-refractivity contribution in [1.82, 2.24) is 5.32 Å². The third-order valence-electron chi connectivity index (χ3n) is 4.32. The number of amides is 1. The highest BCUT2D eigenvalue weighted by Crippen LogP contribution is 2.25. The molecule has 0 aromatic heterocycles. The van der Waals surface area contributed by atoms with Crippen molar-refractivity contribution in [3.8, 4) is 0 Å². The monoisotopic (exact) mass is 458 g/mol. The van der Waals surface area contributed by atoms with Gasteiger partial charge in [-0.25, -0.2) is 16.8 Å². The fourth-order valence-corrected chi connectivity index (χ4v) is 4.82. The van der Waals surface area contributed by atoms with Gasteiger partial charge in [0.1, 0.15) is 6.04 Å². The highest BCUT2D eigenvalue weighted by molar-refractivity contribution is 7.92. The van der Waals surface area contributed by atoms with Crippen LogP contribution in [0.2, 0.25) is 5.02 Å². The summed E-state index contributed by atoms with van der Waals surface area (Å²) < 4.78 is 48.8. The van der Waals surface area contributed by atoms with E-state index in [-0.39, 0.29) is 10.6 Å². The van der Waals surface area contributed by atoms with E-state index in [1.54, 1.807) is 37.3 Å². The smallest absolute Gasteiger partial charge is 0.244 e. The van der Waals surface area contributed by atoms with Gasteiger partial charge in [-0.15, -0.1) is 0 Å². The second kappa shape index (κ2) is 8.73. The number of rotatable bonds is 7. The van der Waals surface area contributed by atoms with Crippen molar-refractivity contribution in [2.45, 2.75) is 30.8 Å². The Morgan fingerprint density at radius 3 is 2.07 bits per heavy atom. The van der Waals surface area contributed by atoms with Crippen LogP contribution in [-0.2, 0) is 24.7 Å². The van der Waals surface area contributed by atoms with Crippen LogP contribution in [0.3, 0.4) is 0 Å². The van der Waals surface area contributed by atoms with E-state index in [2.05, 4.69) is 5.32 Å². The van der Waals surface area contributed by atoms with Gasteiger partial charge in [0.05, 0.1) is 22.9 Å². The standard InChI is InChI=1S/C19H23ClN2O5S2/c1-13(15-8-10-18(11-9-15)28(3,24)25)21-19(23)14(2)22(29(4,26)27)17-7-5-6-16(20)12-17/h5-14H,1-4H3,(H,21,23)/t13-,14-/m1/s1. The van der Waals surface area contributed by atoms with Gasteiger partial charge in [0.25, 0.3) is 0 Å². The maximum atomic E-state index is 12.8. The van der Waals surface area contributed by atoms with E-state index in [4.69, 9.17) is 11.6 Å². The van der Waals surface area contributed by atoms with Gasteiger partial charge in [-0.3, -0.25) is 9.10 Å². The van der Waals surface area contributed by atoms with E-state index < -0.39 is 37.9 Å². The van der Waals surface area contributed by atoms with Gasteiger partial charge in [-0.05, 0) is 49.7 Å². The number of nitrogens with one attached hydrogen (secondary N) is 1. The number of carbonyl (C=O) groups excluding carboxylic acids is 1. The summed E-state index contributed by atoms with van der Waals surface area (Å²) >= 11 is 5.97. The van der Waals surface area contributed by atoms with E-state index in [1.807, 2.05) is 0 Å². The lowest BCUT2D eigenvalue weighted by Crippen LogP contribution is -2.48. The Kier molecular flexibility index (Phi) is 6.97.